The number of hydrogen-bond donors (Lipinski definition) is 0. The SMILES string of the molecule is CCOC(=O)/C(C#N)=C/c1ccc(N(CC)CCOc2ccc(OCCN(CC)c3ccc(/C=C(\C#N)C(=O)OCC)c(OC)c3)cc2)cc1OC. The van der Waals surface area contributed by atoms with Crippen LogP contribution in [0, 0.1) is 22.7 Å². The standard InChI is InChI=1S/C40H46N4O8/c1-7-43(33-13-11-29(37(25-33)47-5)23-31(27-41)39(45)49-9-3)19-21-51-35-15-17-36(18-16-35)52-22-20-44(8-2)34-14-12-30(38(26-34)48-6)24-32(28-42)40(46)50-10-4/h11-18,23-26H,7-10,19-22H2,1-6H3/b31-23+,32-24+. The molecule has 0 aliphatic carbocycles. The Morgan fingerprint density at radius 3 is 1.33 bits per heavy atom. The van der Waals surface area contributed by atoms with Gasteiger partial charge < -0.3 is 38.2 Å². The highest BCUT2D eigenvalue weighted by atomic mass is 16.5. The van der Waals surface area contributed by atoms with E-state index >= 15 is 0 Å². The van der Waals surface area contributed by atoms with Crippen LogP contribution in [-0.4, -0.2) is 78.8 Å². The Morgan fingerprint density at radius 1 is 0.635 bits per heavy atom. The number of ether oxygens (including phenoxy) is 6. The van der Waals surface area contributed by atoms with Gasteiger partial charge in [0.2, 0.25) is 0 Å². The summed E-state index contributed by atoms with van der Waals surface area (Å²) < 4.78 is 33.1. The lowest BCUT2D eigenvalue weighted by Gasteiger charge is -2.24. The van der Waals surface area contributed by atoms with Gasteiger partial charge in [-0.25, -0.2) is 9.59 Å². The fourth-order valence-corrected chi connectivity index (χ4v) is 5.15. The third-order valence-corrected chi connectivity index (χ3v) is 7.84. The van der Waals surface area contributed by atoms with Gasteiger partial charge in [0.05, 0.1) is 40.5 Å². The van der Waals surface area contributed by atoms with Crippen LogP contribution in [0.5, 0.6) is 23.0 Å². The zero-order valence-electron chi connectivity index (χ0n) is 30.6. The van der Waals surface area contributed by atoms with E-state index in [1.54, 1.807) is 40.2 Å². The summed E-state index contributed by atoms with van der Waals surface area (Å²) in [6.07, 6.45) is 2.93. The van der Waals surface area contributed by atoms with Crippen LogP contribution in [0.4, 0.5) is 11.4 Å². The number of hydrogen-bond acceptors (Lipinski definition) is 12. The van der Waals surface area contributed by atoms with E-state index in [1.165, 1.54) is 12.2 Å². The Bertz CT molecular complexity index is 1660. The minimum absolute atomic E-state index is 0.101. The van der Waals surface area contributed by atoms with E-state index in [9.17, 15) is 20.1 Å². The van der Waals surface area contributed by atoms with Crippen LogP contribution >= 0.6 is 0 Å². The van der Waals surface area contributed by atoms with Crippen molar-refractivity contribution in [2.75, 3.05) is 76.6 Å². The highest BCUT2D eigenvalue weighted by Crippen LogP contribution is 2.29. The van der Waals surface area contributed by atoms with E-state index in [-0.39, 0.29) is 24.4 Å². The molecule has 12 heteroatoms. The van der Waals surface area contributed by atoms with Gasteiger partial charge in [0.1, 0.15) is 59.5 Å². The van der Waals surface area contributed by atoms with E-state index in [0.717, 1.165) is 24.5 Å². The smallest absolute Gasteiger partial charge is 0.348 e. The monoisotopic (exact) mass is 710 g/mol. The molecule has 0 saturated heterocycles. The van der Waals surface area contributed by atoms with Gasteiger partial charge in [0.25, 0.3) is 0 Å². The number of likely N-dealkylation sites (N-methyl/N-ethyl adjacent to an activating group) is 2. The predicted molar refractivity (Wildman–Crippen MR) is 200 cm³/mol. The molecule has 3 rings (SSSR count). The molecule has 0 spiro atoms. The number of rotatable bonds is 20. The van der Waals surface area contributed by atoms with Crippen molar-refractivity contribution in [3.8, 4) is 35.1 Å². The first-order valence-electron chi connectivity index (χ1n) is 17.0. The van der Waals surface area contributed by atoms with E-state index in [2.05, 4.69) is 9.80 Å². The molecule has 0 fully saturated rings. The summed E-state index contributed by atoms with van der Waals surface area (Å²) in [5.41, 5.74) is 2.81. The second-order valence-electron chi connectivity index (χ2n) is 11.0. The Balaban J connectivity index is 1.55. The molecular weight excluding hydrogens is 664 g/mol. The minimum Gasteiger partial charge on any atom is -0.496 e. The Labute approximate surface area is 306 Å². The van der Waals surface area contributed by atoms with Crippen molar-refractivity contribution in [2.45, 2.75) is 27.7 Å². The highest BCUT2D eigenvalue weighted by Gasteiger charge is 2.15. The van der Waals surface area contributed by atoms with Crippen LogP contribution in [0.3, 0.4) is 0 Å². The zero-order valence-corrected chi connectivity index (χ0v) is 30.6. The number of benzene rings is 3. The van der Waals surface area contributed by atoms with Crippen LogP contribution in [0.15, 0.2) is 71.8 Å². The predicted octanol–water partition coefficient (Wildman–Crippen LogP) is 6.45. The average Bonchev–Trinajstić information content (AvgIpc) is 3.17. The number of carbonyl (C=O) groups excluding carboxylic acids is 2. The Kier molecular flexibility index (Phi) is 16.4. The van der Waals surface area contributed by atoms with E-state index in [0.29, 0.717) is 60.4 Å². The molecule has 0 aliphatic rings. The second kappa shape index (κ2) is 21.2. The maximum atomic E-state index is 12.1. The van der Waals surface area contributed by atoms with Crippen molar-refractivity contribution < 1.29 is 38.0 Å². The molecule has 0 aliphatic heterocycles. The van der Waals surface area contributed by atoms with E-state index < -0.39 is 11.9 Å². The third kappa shape index (κ3) is 11.5. The fraction of sp³-hybridized carbons (Fsp3) is 0.350. The first kappa shape index (κ1) is 40.3. The van der Waals surface area contributed by atoms with Gasteiger partial charge in [0.15, 0.2) is 0 Å². The zero-order chi connectivity index (χ0) is 37.9. The maximum absolute atomic E-state index is 12.1. The molecule has 52 heavy (non-hydrogen) atoms. The van der Waals surface area contributed by atoms with Crippen LogP contribution in [-0.2, 0) is 19.1 Å². The number of carbonyl (C=O) groups is 2. The molecule has 0 unspecified atom stereocenters. The molecule has 0 N–H and O–H groups in total. The van der Waals surface area contributed by atoms with Crippen LogP contribution in [0.25, 0.3) is 12.2 Å². The summed E-state index contributed by atoms with van der Waals surface area (Å²) in [6.45, 7) is 11.4. The first-order chi connectivity index (χ1) is 25.2. The molecule has 0 bridgehead atoms. The number of nitrogens with zero attached hydrogens (tertiary/aromatic N) is 4. The van der Waals surface area contributed by atoms with Gasteiger partial charge in [-0.15, -0.1) is 0 Å². The van der Waals surface area contributed by atoms with Crippen molar-refractivity contribution in [1.82, 2.24) is 0 Å². The summed E-state index contributed by atoms with van der Waals surface area (Å²) in [7, 11) is 3.08. The maximum Gasteiger partial charge on any atom is 0.348 e. The normalized spacial score (nSPS) is 11.1. The van der Waals surface area contributed by atoms with Crippen molar-refractivity contribution in [3.63, 3.8) is 0 Å². The van der Waals surface area contributed by atoms with Gasteiger partial charge in [-0.05, 0) is 88.4 Å². The molecule has 0 saturated carbocycles. The number of anilines is 2. The molecule has 0 atom stereocenters. The van der Waals surface area contributed by atoms with Crippen molar-refractivity contribution >= 4 is 35.5 Å². The number of esters is 2. The summed E-state index contributed by atoms with van der Waals surface area (Å²) in [5.74, 6) is 1.13. The third-order valence-electron chi connectivity index (χ3n) is 7.84. The van der Waals surface area contributed by atoms with Crippen LogP contribution in [0.1, 0.15) is 38.8 Å². The molecular formula is C40H46N4O8. The number of nitriles is 2. The minimum atomic E-state index is -0.674. The number of methoxy groups -OCH3 is 2. The highest BCUT2D eigenvalue weighted by molar-refractivity contribution is 5.99. The summed E-state index contributed by atoms with van der Waals surface area (Å²) in [4.78, 5) is 28.4. The van der Waals surface area contributed by atoms with E-state index in [1.807, 2.05) is 74.5 Å². The van der Waals surface area contributed by atoms with Crippen molar-refractivity contribution in [3.05, 3.63) is 82.9 Å². The Morgan fingerprint density at radius 2 is 1.02 bits per heavy atom. The van der Waals surface area contributed by atoms with Gasteiger partial charge in [-0.2, -0.15) is 10.5 Å². The van der Waals surface area contributed by atoms with E-state index in [4.69, 9.17) is 28.4 Å². The summed E-state index contributed by atoms with van der Waals surface area (Å²) >= 11 is 0. The second-order valence-corrected chi connectivity index (χ2v) is 11.0. The molecule has 12 nitrogen and oxygen atoms in total. The topological polar surface area (TPSA) is 144 Å². The average molecular weight is 711 g/mol. The molecule has 0 radical (unpaired) electrons. The molecule has 0 amide bonds. The van der Waals surface area contributed by atoms with Gasteiger partial charge in [0, 0.05) is 47.7 Å². The fourth-order valence-electron chi connectivity index (χ4n) is 5.15. The van der Waals surface area contributed by atoms with Gasteiger partial charge >= 0.3 is 11.9 Å². The van der Waals surface area contributed by atoms with Gasteiger partial charge in [-0.3, -0.25) is 0 Å². The van der Waals surface area contributed by atoms with Crippen LogP contribution in [0.2, 0.25) is 0 Å². The van der Waals surface area contributed by atoms with Crippen LogP contribution < -0.4 is 28.7 Å². The molecule has 274 valence electrons. The molecule has 0 heterocycles. The summed E-state index contributed by atoms with van der Waals surface area (Å²) in [5, 5.41) is 18.8. The lowest BCUT2D eigenvalue weighted by atomic mass is 10.1. The van der Waals surface area contributed by atoms with Crippen molar-refractivity contribution in [1.29, 1.82) is 10.5 Å². The van der Waals surface area contributed by atoms with Crippen molar-refractivity contribution in [2.24, 2.45) is 0 Å². The van der Waals surface area contributed by atoms with Gasteiger partial charge in [-0.1, -0.05) is 0 Å². The first-order valence-corrected chi connectivity index (χ1v) is 17.0. The lowest BCUT2D eigenvalue weighted by molar-refractivity contribution is -0.138. The molecule has 3 aromatic carbocycles. The lowest BCUT2D eigenvalue weighted by Crippen LogP contribution is -2.28. The molecule has 3 aromatic rings. The molecule has 0 aromatic heterocycles. The quantitative estimate of drug-likeness (QED) is 0.0722. The summed E-state index contributed by atoms with van der Waals surface area (Å²) in [6, 6.07) is 22.4. The largest absolute Gasteiger partial charge is 0.496 e. The Hall–Kier alpha value is -6.14.